The molecule has 0 radical (unpaired) electrons. The highest BCUT2D eigenvalue weighted by Crippen LogP contribution is 2.31. The number of hydrogen-bond acceptors (Lipinski definition) is 3. The maximum Gasteiger partial charge on any atom is 0.339 e. The van der Waals surface area contributed by atoms with Crippen molar-refractivity contribution in [3.05, 3.63) is 41.7 Å². The Morgan fingerprint density at radius 3 is 2.57 bits per heavy atom. The molecule has 0 saturated heterocycles. The van der Waals surface area contributed by atoms with E-state index >= 15 is 0 Å². The number of aromatic carboxylic acids is 1. The molecular formula is C16H20N2O3. The summed E-state index contributed by atoms with van der Waals surface area (Å²) in [6.07, 6.45) is 1.39. The van der Waals surface area contributed by atoms with Gasteiger partial charge in [0.05, 0.1) is 18.5 Å². The van der Waals surface area contributed by atoms with Crippen LogP contribution >= 0.6 is 0 Å². The van der Waals surface area contributed by atoms with Gasteiger partial charge in [0.25, 0.3) is 0 Å². The van der Waals surface area contributed by atoms with Crippen LogP contribution in [0.1, 0.15) is 43.7 Å². The van der Waals surface area contributed by atoms with Gasteiger partial charge in [0, 0.05) is 5.41 Å². The number of rotatable bonds is 4. The third kappa shape index (κ3) is 2.91. The van der Waals surface area contributed by atoms with E-state index in [9.17, 15) is 9.90 Å². The lowest BCUT2D eigenvalue weighted by atomic mass is 9.89. The molecule has 5 nitrogen and oxygen atoms in total. The summed E-state index contributed by atoms with van der Waals surface area (Å²) >= 11 is 0. The van der Waals surface area contributed by atoms with Crippen molar-refractivity contribution in [3.63, 3.8) is 0 Å². The van der Waals surface area contributed by atoms with E-state index in [0.29, 0.717) is 18.1 Å². The maximum atomic E-state index is 11.4. The summed E-state index contributed by atoms with van der Waals surface area (Å²) in [6.45, 7) is 8.35. The standard InChI is InChI=1S/C16H20N2O3/c1-5-21-13-9-7-6-8-12(13)18-14(16(2,3)4)11(10-17-18)15(19)20/h6-10H,5H2,1-4H3,(H,19,20). The first-order valence-corrected chi connectivity index (χ1v) is 6.90. The predicted molar refractivity (Wildman–Crippen MR) is 80.4 cm³/mol. The molecule has 0 unspecified atom stereocenters. The molecule has 1 heterocycles. The van der Waals surface area contributed by atoms with Crippen molar-refractivity contribution in [1.82, 2.24) is 9.78 Å². The third-order valence-corrected chi connectivity index (χ3v) is 3.10. The lowest BCUT2D eigenvalue weighted by Gasteiger charge is -2.22. The molecule has 5 heteroatoms. The highest BCUT2D eigenvalue weighted by Gasteiger charge is 2.28. The monoisotopic (exact) mass is 288 g/mol. The molecule has 112 valence electrons. The summed E-state index contributed by atoms with van der Waals surface area (Å²) in [4.78, 5) is 11.4. The Balaban J connectivity index is 2.68. The van der Waals surface area contributed by atoms with Crippen molar-refractivity contribution in [1.29, 1.82) is 0 Å². The Morgan fingerprint density at radius 1 is 1.33 bits per heavy atom. The van der Waals surface area contributed by atoms with Gasteiger partial charge >= 0.3 is 5.97 Å². The van der Waals surface area contributed by atoms with Gasteiger partial charge in [-0.2, -0.15) is 5.10 Å². The van der Waals surface area contributed by atoms with E-state index in [1.54, 1.807) is 4.68 Å². The zero-order valence-corrected chi connectivity index (χ0v) is 12.8. The van der Waals surface area contributed by atoms with Crippen LogP contribution in [0.4, 0.5) is 0 Å². The van der Waals surface area contributed by atoms with Crippen LogP contribution in [-0.2, 0) is 5.41 Å². The number of hydrogen-bond donors (Lipinski definition) is 1. The summed E-state index contributed by atoms with van der Waals surface area (Å²) in [5.74, 6) is -0.286. The number of ether oxygens (including phenoxy) is 1. The second-order valence-corrected chi connectivity index (χ2v) is 5.77. The van der Waals surface area contributed by atoms with Crippen molar-refractivity contribution in [2.75, 3.05) is 6.61 Å². The molecule has 0 aliphatic heterocycles. The van der Waals surface area contributed by atoms with Crippen LogP contribution in [0.25, 0.3) is 5.69 Å². The van der Waals surface area contributed by atoms with Gasteiger partial charge in [0.2, 0.25) is 0 Å². The van der Waals surface area contributed by atoms with Crippen LogP contribution in [0.5, 0.6) is 5.75 Å². The van der Waals surface area contributed by atoms with Gasteiger partial charge in [0.15, 0.2) is 0 Å². The lowest BCUT2D eigenvalue weighted by Crippen LogP contribution is -2.21. The van der Waals surface area contributed by atoms with Gasteiger partial charge in [-0.15, -0.1) is 0 Å². The molecule has 0 spiro atoms. The summed E-state index contributed by atoms with van der Waals surface area (Å²) < 4.78 is 7.28. The van der Waals surface area contributed by atoms with Gasteiger partial charge in [0.1, 0.15) is 17.0 Å². The first-order valence-electron chi connectivity index (χ1n) is 6.90. The lowest BCUT2D eigenvalue weighted by molar-refractivity contribution is 0.0694. The first kappa shape index (κ1) is 15.1. The number of carboxylic acids is 1. The topological polar surface area (TPSA) is 64.4 Å². The third-order valence-electron chi connectivity index (χ3n) is 3.10. The van der Waals surface area contributed by atoms with E-state index in [4.69, 9.17) is 4.74 Å². The molecule has 2 rings (SSSR count). The maximum absolute atomic E-state index is 11.4. The van der Waals surface area contributed by atoms with Crippen LogP contribution in [0, 0.1) is 0 Å². The minimum Gasteiger partial charge on any atom is -0.492 e. The Labute approximate surface area is 124 Å². The summed E-state index contributed by atoms with van der Waals surface area (Å²) in [7, 11) is 0. The van der Waals surface area contributed by atoms with E-state index in [2.05, 4.69) is 5.10 Å². The molecule has 0 atom stereocenters. The quantitative estimate of drug-likeness (QED) is 0.937. The van der Waals surface area contributed by atoms with Crippen LogP contribution in [0.3, 0.4) is 0 Å². The molecule has 1 N–H and O–H groups in total. The highest BCUT2D eigenvalue weighted by atomic mass is 16.5. The predicted octanol–water partition coefficient (Wildman–Crippen LogP) is 3.27. The molecular weight excluding hydrogens is 268 g/mol. The van der Waals surface area contributed by atoms with Crippen LogP contribution < -0.4 is 4.74 Å². The zero-order valence-electron chi connectivity index (χ0n) is 12.8. The Bertz CT molecular complexity index is 654. The van der Waals surface area contributed by atoms with Crippen LogP contribution in [0.15, 0.2) is 30.5 Å². The van der Waals surface area contributed by atoms with E-state index < -0.39 is 5.97 Å². The molecule has 1 aromatic heterocycles. The SMILES string of the molecule is CCOc1ccccc1-n1ncc(C(=O)O)c1C(C)(C)C. The van der Waals surface area contributed by atoms with Gasteiger partial charge in [-0.25, -0.2) is 9.48 Å². The second kappa shape index (κ2) is 5.60. The van der Waals surface area contributed by atoms with Crippen molar-refractivity contribution in [2.24, 2.45) is 0 Å². The molecule has 1 aromatic carbocycles. The average molecular weight is 288 g/mol. The Kier molecular flexibility index (Phi) is 4.02. The summed E-state index contributed by atoms with van der Waals surface area (Å²) in [6, 6.07) is 7.49. The van der Waals surface area contributed by atoms with E-state index in [1.807, 2.05) is 52.0 Å². The number of para-hydroxylation sites is 2. The number of carboxylic acid groups (broad SMARTS) is 1. The van der Waals surface area contributed by atoms with Crippen LogP contribution in [-0.4, -0.2) is 27.5 Å². The van der Waals surface area contributed by atoms with Crippen molar-refractivity contribution >= 4 is 5.97 Å². The number of benzene rings is 1. The normalized spacial score (nSPS) is 11.4. The summed E-state index contributed by atoms with van der Waals surface area (Å²) in [5, 5.41) is 13.7. The van der Waals surface area contributed by atoms with Crippen molar-refractivity contribution in [3.8, 4) is 11.4 Å². The highest BCUT2D eigenvalue weighted by molar-refractivity contribution is 5.89. The van der Waals surface area contributed by atoms with Gasteiger partial charge in [-0.05, 0) is 19.1 Å². The molecule has 2 aromatic rings. The van der Waals surface area contributed by atoms with Gasteiger partial charge in [-0.3, -0.25) is 0 Å². The van der Waals surface area contributed by atoms with E-state index in [1.165, 1.54) is 6.20 Å². The fourth-order valence-electron chi connectivity index (χ4n) is 2.32. The molecule has 0 amide bonds. The van der Waals surface area contributed by atoms with E-state index in [-0.39, 0.29) is 11.0 Å². The fourth-order valence-corrected chi connectivity index (χ4v) is 2.32. The molecule has 0 fully saturated rings. The minimum absolute atomic E-state index is 0.216. The smallest absolute Gasteiger partial charge is 0.339 e. The molecule has 0 bridgehead atoms. The average Bonchev–Trinajstić information content (AvgIpc) is 2.84. The van der Waals surface area contributed by atoms with Gasteiger partial charge in [-0.1, -0.05) is 32.9 Å². The van der Waals surface area contributed by atoms with Crippen molar-refractivity contribution < 1.29 is 14.6 Å². The first-order chi connectivity index (χ1) is 9.86. The number of carbonyl (C=O) groups is 1. The fraction of sp³-hybridized carbons (Fsp3) is 0.375. The van der Waals surface area contributed by atoms with E-state index in [0.717, 1.165) is 5.69 Å². The van der Waals surface area contributed by atoms with Crippen molar-refractivity contribution in [2.45, 2.75) is 33.1 Å². The Morgan fingerprint density at radius 2 is 2.00 bits per heavy atom. The molecule has 0 saturated carbocycles. The molecule has 21 heavy (non-hydrogen) atoms. The summed E-state index contributed by atoms with van der Waals surface area (Å²) in [5.41, 5.74) is 1.26. The zero-order chi connectivity index (χ0) is 15.6. The molecule has 0 aliphatic carbocycles. The second-order valence-electron chi connectivity index (χ2n) is 5.77. The Hall–Kier alpha value is -2.30. The largest absolute Gasteiger partial charge is 0.492 e. The van der Waals surface area contributed by atoms with Gasteiger partial charge < -0.3 is 9.84 Å². The minimum atomic E-state index is -0.972. The number of aromatic nitrogens is 2. The molecule has 0 aliphatic rings. The number of nitrogens with zero attached hydrogens (tertiary/aromatic N) is 2. The van der Waals surface area contributed by atoms with Crippen LogP contribution in [0.2, 0.25) is 0 Å².